The molecule has 7 heteroatoms. The van der Waals surface area contributed by atoms with Crippen molar-refractivity contribution in [2.24, 2.45) is 0 Å². The number of carbonyl (C=O) groups excluding carboxylic acids is 2. The van der Waals surface area contributed by atoms with Gasteiger partial charge in [0.2, 0.25) is 5.91 Å². The fraction of sp³-hybridized carbons (Fsp3) is 0.400. The van der Waals surface area contributed by atoms with Crippen molar-refractivity contribution in [3.8, 4) is 0 Å². The maximum atomic E-state index is 12.4. The second-order valence-electron chi connectivity index (χ2n) is 5.47. The molecule has 2 N–H and O–H groups in total. The third-order valence-electron chi connectivity index (χ3n) is 3.39. The van der Waals surface area contributed by atoms with Crippen molar-refractivity contribution in [3.63, 3.8) is 0 Å². The van der Waals surface area contributed by atoms with E-state index in [9.17, 15) is 9.59 Å². The van der Waals surface area contributed by atoms with Crippen molar-refractivity contribution in [2.45, 2.75) is 39.8 Å². The number of nitrogens with one attached hydrogen (secondary N) is 2. The van der Waals surface area contributed by atoms with Gasteiger partial charge in [-0.3, -0.25) is 14.3 Å². The number of hydrogen-bond acceptors (Lipinski definition) is 4. The van der Waals surface area contributed by atoms with E-state index >= 15 is 0 Å². The van der Waals surface area contributed by atoms with Crippen molar-refractivity contribution in [3.05, 3.63) is 34.3 Å². The summed E-state index contributed by atoms with van der Waals surface area (Å²) in [4.78, 5) is 25.1. The quantitative estimate of drug-likeness (QED) is 0.888. The summed E-state index contributed by atoms with van der Waals surface area (Å²) in [7, 11) is 0. The minimum atomic E-state index is -1.03. The molecule has 6 nitrogen and oxygen atoms in total. The Labute approximate surface area is 133 Å². The van der Waals surface area contributed by atoms with E-state index in [2.05, 4.69) is 15.7 Å². The lowest BCUT2D eigenvalue weighted by atomic mass is 10.0. The number of amides is 2. The number of nitrogens with zero attached hydrogens (tertiary/aromatic N) is 2. The number of aromatic nitrogens is 2. The number of hydrogen-bond donors (Lipinski definition) is 2. The van der Waals surface area contributed by atoms with Gasteiger partial charge < -0.3 is 10.6 Å². The van der Waals surface area contributed by atoms with Crippen LogP contribution in [0.4, 0.5) is 5.69 Å². The van der Waals surface area contributed by atoms with E-state index in [-0.39, 0.29) is 11.8 Å². The van der Waals surface area contributed by atoms with E-state index in [1.807, 2.05) is 19.2 Å². The second kappa shape index (κ2) is 6.31. The Morgan fingerprint density at radius 3 is 2.68 bits per heavy atom. The van der Waals surface area contributed by atoms with E-state index in [0.717, 1.165) is 12.2 Å². The van der Waals surface area contributed by atoms with Crippen molar-refractivity contribution in [2.75, 3.05) is 5.32 Å². The van der Waals surface area contributed by atoms with Crippen molar-refractivity contribution >= 4 is 28.8 Å². The Balaban J connectivity index is 2.06. The molecule has 2 heterocycles. The van der Waals surface area contributed by atoms with Gasteiger partial charge in [0.15, 0.2) is 0 Å². The average Bonchev–Trinajstić information content (AvgIpc) is 3.09. The van der Waals surface area contributed by atoms with Gasteiger partial charge in [-0.1, -0.05) is 6.07 Å². The normalized spacial score (nSPS) is 11.3. The standard InChI is InChI=1S/C15H20N4O2S/c1-5-19-10(2)11(9-16-19)17-14(21)15(3,4)18-13(20)12-7-6-8-22-12/h6-9H,5H2,1-4H3,(H,17,21)(H,18,20). The minimum Gasteiger partial charge on any atom is -0.337 e. The first-order valence-corrected chi connectivity index (χ1v) is 7.93. The van der Waals surface area contributed by atoms with Crippen LogP contribution in [-0.4, -0.2) is 27.1 Å². The van der Waals surface area contributed by atoms with E-state index in [1.54, 1.807) is 36.9 Å². The van der Waals surface area contributed by atoms with Crippen LogP contribution in [0.25, 0.3) is 0 Å². The van der Waals surface area contributed by atoms with Gasteiger partial charge in [-0.25, -0.2) is 0 Å². The SMILES string of the molecule is CCn1ncc(NC(=O)C(C)(C)NC(=O)c2cccs2)c1C. The van der Waals surface area contributed by atoms with Crippen molar-refractivity contribution in [1.29, 1.82) is 0 Å². The molecule has 2 rings (SSSR count). The summed E-state index contributed by atoms with van der Waals surface area (Å²) in [6.07, 6.45) is 1.62. The number of thiophene rings is 1. The zero-order valence-electron chi connectivity index (χ0n) is 13.1. The van der Waals surface area contributed by atoms with Crippen LogP contribution < -0.4 is 10.6 Å². The number of aryl methyl sites for hydroxylation is 1. The largest absolute Gasteiger partial charge is 0.337 e. The van der Waals surface area contributed by atoms with Crippen LogP contribution in [0.1, 0.15) is 36.1 Å². The van der Waals surface area contributed by atoms with Crippen LogP contribution in [0.15, 0.2) is 23.7 Å². The van der Waals surface area contributed by atoms with Gasteiger partial charge in [-0.2, -0.15) is 5.10 Å². The lowest BCUT2D eigenvalue weighted by Crippen LogP contribution is -2.52. The number of anilines is 1. The molecule has 0 spiro atoms. The third-order valence-corrected chi connectivity index (χ3v) is 4.26. The molecular weight excluding hydrogens is 300 g/mol. The Morgan fingerprint density at radius 1 is 1.41 bits per heavy atom. The molecule has 0 unspecified atom stereocenters. The Kier molecular flexibility index (Phi) is 4.65. The highest BCUT2D eigenvalue weighted by Crippen LogP contribution is 2.17. The molecule has 22 heavy (non-hydrogen) atoms. The van der Waals surface area contributed by atoms with Crippen LogP contribution in [0.3, 0.4) is 0 Å². The summed E-state index contributed by atoms with van der Waals surface area (Å²) in [6, 6.07) is 3.53. The van der Waals surface area contributed by atoms with E-state index in [4.69, 9.17) is 0 Å². The van der Waals surface area contributed by atoms with Gasteiger partial charge in [0.05, 0.1) is 22.5 Å². The lowest BCUT2D eigenvalue weighted by molar-refractivity contribution is -0.120. The lowest BCUT2D eigenvalue weighted by Gasteiger charge is -2.24. The summed E-state index contributed by atoms with van der Waals surface area (Å²) in [5, 5.41) is 11.6. The molecular formula is C15H20N4O2S. The first-order valence-electron chi connectivity index (χ1n) is 7.05. The summed E-state index contributed by atoms with van der Waals surface area (Å²) in [6.45, 7) is 7.96. The van der Waals surface area contributed by atoms with E-state index < -0.39 is 5.54 Å². The van der Waals surface area contributed by atoms with Crippen LogP contribution in [0, 0.1) is 6.92 Å². The molecule has 0 aliphatic heterocycles. The van der Waals surface area contributed by atoms with Gasteiger partial charge in [-0.05, 0) is 39.1 Å². The molecule has 0 aliphatic rings. The van der Waals surface area contributed by atoms with Crippen LogP contribution in [-0.2, 0) is 11.3 Å². The predicted molar refractivity (Wildman–Crippen MR) is 87.1 cm³/mol. The van der Waals surface area contributed by atoms with E-state index in [1.165, 1.54) is 11.3 Å². The fourth-order valence-corrected chi connectivity index (χ4v) is 2.60. The minimum absolute atomic E-state index is 0.254. The molecule has 2 amide bonds. The topological polar surface area (TPSA) is 76.0 Å². The molecule has 0 aliphatic carbocycles. The average molecular weight is 320 g/mol. The zero-order valence-corrected chi connectivity index (χ0v) is 14.0. The van der Waals surface area contributed by atoms with Crippen LogP contribution >= 0.6 is 11.3 Å². The molecule has 0 aromatic carbocycles. The zero-order chi connectivity index (χ0) is 16.3. The van der Waals surface area contributed by atoms with Crippen LogP contribution in [0.5, 0.6) is 0 Å². The maximum Gasteiger partial charge on any atom is 0.262 e. The molecule has 0 saturated carbocycles. The maximum absolute atomic E-state index is 12.4. The van der Waals surface area contributed by atoms with Crippen molar-refractivity contribution < 1.29 is 9.59 Å². The fourth-order valence-electron chi connectivity index (χ4n) is 1.98. The molecule has 0 bridgehead atoms. The summed E-state index contributed by atoms with van der Waals surface area (Å²) < 4.78 is 1.80. The first-order chi connectivity index (χ1) is 10.3. The monoisotopic (exact) mass is 320 g/mol. The Hall–Kier alpha value is -2.15. The smallest absolute Gasteiger partial charge is 0.262 e. The van der Waals surface area contributed by atoms with Gasteiger partial charge >= 0.3 is 0 Å². The highest BCUT2D eigenvalue weighted by Gasteiger charge is 2.30. The molecule has 118 valence electrons. The Morgan fingerprint density at radius 2 is 2.14 bits per heavy atom. The molecule has 2 aromatic heterocycles. The molecule has 0 atom stereocenters. The molecule has 0 saturated heterocycles. The third kappa shape index (κ3) is 3.36. The highest BCUT2D eigenvalue weighted by molar-refractivity contribution is 7.12. The molecule has 0 fully saturated rings. The summed E-state index contributed by atoms with van der Waals surface area (Å²) in [5.41, 5.74) is 0.517. The number of rotatable bonds is 5. The van der Waals surface area contributed by atoms with Crippen molar-refractivity contribution in [1.82, 2.24) is 15.1 Å². The molecule has 0 radical (unpaired) electrons. The van der Waals surface area contributed by atoms with Gasteiger partial charge in [0.25, 0.3) is 5.91 Å². The van der Waals surface area contributed by atoms with Gasteiger partial charge in [-0.15, -0.1) is 11.3 Å². The highest BCUT2D eigenvalue weighted by atomic mass is 32.1. The summed E-state index contributed by atoms with van der Waals surface area (Å²) in [5.74, 6) is -0.535. The van der Waals surface area contributed by atoms with Crippen LogP contribution in [0.2, 0.25) is 0 Å². The first kappa shape index (κ1) is 16.2. The molecule has 2 aromatic rings. The number of carbonyl (C=O) groups is 2. The predicted octanol–water partition coefficient (Wildman–Crippen LogP) is 2.42. The second-order valence-corrected chi connectivity index (χ2v) is 6.42. The van der Waals surface area contributed by atoms with Gasteiger partial charge in [0.1, 0.15) is 5.54 Å². The van der Waals surface area contributed by atoms with Gasteiger partial charge in [0, 0.05) is 6.54 Å². The summed E-state index contributed by atoms with van der Waals surface area (Å²) >= 11 is 1.34. The Bertz CT molecular complexity index is 674. The van der Waals surface area contributed by atoms with E-state index in [0.29, 0.717) is 10.6 Å².